The molecule has 0 saturated heterocycles. The number of hydrogen-bond donors (Lipinski definition) is 1. The summed E-state index contributed by atoms with van der Waals surface area (Å²) in [5.41, 5.74) is 1.59. The van der Waals surface area contributed by atoms with Gasteiger partial charge in [0, 0.05) is 35.9 Å². The third-order valence-electron chi connectivity index (χ3n) is 6.27. The van der Waals surface area contributed by atoms with E-state index in [2.05, 4.69) is 10.1 Å². The van der Waals surface area contributed by atoms with Gasteiger partial charge >= 0.3 is 12.4 Å². The van der Waals surface area contributed by atoms with Crippen LogP contribution in [0.1, 0.15) is 17.5 Å². The Labute approximate surface area is 194 Å². The highest BCUT2D eigenvalue weighted by molar-refractivity contribution is 6.08. The molecule has 1 atom stereocenters. The molecule has 2 N–H and O–H groups in total. The molecular formula is C23H17F6N5O. The van der Waals surface area contributed by atoms with E-state index in [4.69, 9.17) is 5.73 Å². The van der Waals surface area contributed by atoms with Gasteiger partial charge in [-0.15, -0.1) is 0 Å². The zero-order chi connectivity index (χ0) is 25.2. The number of aromatic nitrogens is 2. The van der Waals surface area contributed by atoms with Crippen LogP contribution in [-0.2, 0) is 17.5 Å². The van der Waals surface area contributed by atoms with Gasteiger partial charge in [0.05, 0.1) is 12.1 Å². The fourth-order valence-corrected chi connectivity index (χ4v) is 4.69. The molecule has 1 amide bonds. The summed E-state index contributed by atoms with van der Waals surface area (Å²) in [6.45, 7) is -0.336. The fourth-order valence-electron chi connectivity index (χ4n) is 4.69. The third-order valence-corrected chi connectivity index (χ3v) is 6.27. The standard InChI is InChI=1S/C23H17F6N5O/c24-22(25,26)16-7-2-1-6-14(16)17-15-12-31-20(33-9-4-10-34(32-17)19(15)33)21(23(27,28)29)8-3-5-13(11-21)18(30)35/h1-8,10H,9,11-12H2,(H2,30,35). The smallest absolute Gasteiger partial charge is 0.366 e. The van der Waals surface area contributed by atoms with Crippen molar-refractivity contribution in [1.29, 1.82) is 0 Å². The molecule has 6 nitrogen and oxygen atoms in total. The minimum absolute atomic E-state index is 0.00904. The molecule has 0 spiro atoms. The number of nitrogens with two attached hydrogens (primary N) is 1. The van der Waals surface area contributed by atoms with Gasteiger partial charge in [-0.05, 0) is 12.1 Å². The Hall–Kier alpha value is -3.83. The van der Waals surface area contributed by atoms with E-state index < -0.39 is 35.7 Å². The van der Waals surface area contributed by atoms with Crippen LogP contribution in [0.15, 0.2) is 59.1 Å². The van der Waals surface area contributed by atoms with Crippen molar-refractivity contribution in [3.63, 3.8) is 0 Å². The summed E-state index contributed by atoms with van der Waals surface area (Å²) in [7, 11) is 0. The zero-order valence-electron chi connectivity index (χ0n) is 17.9. The van der Waals surface area contributed by atoms with E-state index in [1.54, 1.807) is 0 Å². The maximum atomic E-state index is 14.6. The molecule has 1 aromatic carbocycles. The van der Waals surface area contributed by atoms with E-state index in [0.29, 0.717) is 0 Å². The van der Waals surface area contributed by atoms with Crippen LogP contribution in [0, 0.1) is 5.41 Å². The molecule has 1 aliphatic carbocycles. The van der Waals surface area contributed by atoms with Crippen LogP contribution < -0.4 is 10.6 Å². The summed E-state index contributed by atoms with van der Waals surface area (Å²) in [5, 5.41) is 4.29. The number of nitrogens with zero attached hydrogens (tertiary/aromatic N) is 4. The second-order valence-corrected chi connectivity index (χ2v) is 8.34. The van der Waals surface area contributed by atoms with Crippen molar-refractivity contribution in [2.75, 3.05) is 11.4 Å². The van der Waals surface area contributed by atoms with Gasteiger partial charge in [-0.2, -0.15) is 31.4 Å². The van der Waals surface area contributed by atoms with Crippen LogP contribution in [0.25, 0.3) is 17.5 Å². The average molecular weight is 493 g/mol. The molecule has 2 aromatic rings. The largest absolute Gasteiger partial charge is 0.417 e. The van der Waals surface area contributed by atoms with E-state index in [-0.39, 0.29) is 47.1 Å². The number of hydrogen-bond acceptors (Lipinski definition) is 4. The molecule has 0 radical (unpaired) electrons. The lowest BCUT2D eigenvalue weighted by Gasteiger charge is -2.43. The normalized spacial score (nSPS) is 21.5. The fraction of sp³-hybridized carbons (Fsp3) is 0.261. The minimum atomic E-state index is -4.84. The van der Waals surface area contributed by atoms with Crippen LogP contribution in [0.4, 0.5) is 32.2 Å². The van der Waals surface area contributed by atoms with Crippen molar-refractivity contribution in [3.8, 4) is 11.3 Å². The number of amides is 1. The number of rotatable bonds is 3. The van der Waals surface area contributed by atoms with Gasteiger partial charge < -0.3 is 10.6 Å². The number of primary amides is 1. The highest BCUT2D eigenvalue weighted by Gasteiger charge is 2.60. The van der Waals surface area contributed by atoms with Crippen molar-refractivity contribution in [2.24, 2.45) is 16.1 Å². The first-order chi connectivity index (χ1) is 16.4. The van der Waals surface area contributed by atoms with E-state index in [1.165, 1.54) is 46.1 Å². The van der Waals surface area contributed by atoms with Gasteiger partial charge in [0.1, 0.15) is 22.8 Å². The lowest BCUT2D eigenvalue weighted by atomic mass is 9.75. The number of alkyl halides is 6. The predicted molar refractivity (Wildman–Crippen MR) is 116 cm³/mol. The molecule has 0 bridgehead atoms. The molecule has 182 valence electrons. The van der Waals surface area contributed by atoms with E-state index in [0.717, 1.165) is 18.2 Å². The van der Waals surface area contributed by atoms with Crippen molar-refractivity contribution < 1.29 is 31.1 Å². The van der Waals surface area contributed by atoms with Crippen LogP contribution in [0.2, 0.25) is 0 Å². The van der Waals surface area contributed by atoms with E-state index in [1.807, 2.05) is 0 Å². The number of halogens is 6. The Morgan fingerprint density at radius 1 is 1.11 bits per heavy atom. The SMILES string of the molecule is NC(=O)C1=CC=CC(C2=NCc3c(-c4ccccc4C(F)(F)F)nn4c3N2CC=C4)(C(F)(F)F)C1. The maximum absolute atomic E-state index is 14.6. The number of carbonyl (C=O) groups is 1. The number of amidine groups is 1. The predicted octanol–water partition coefficient (Wildman–Crippen LogP) is 4.69. The zero-order valence-corrected chi connectivity index (χ0v) is 17.9. The minimum Gasteiger partial charge on any atom is -0.366 e. The number of benzene rings is 1. The van der Waals surface area contributed by atoms with Crippen molar-refractivity contribution >= 4 is 23.8 Å². The molecule has 0 fully saturated rings. The topological polar surface area (TPSA) is 76.5 Å². The number of carbonyl (C=O) groups excluding carboxylic acids is 1. The Morgan fingerprint density at radius 2 is 1.86 bits per heavy atom. The first-order valence-corrected chi connectivity index (χ1v) is 10.5. The van der Waals surface area contributed by atoms with Gasteiger partial charge in [-0.1, -0.05) is 36.4 Å². The summed E-state index contributed by atoms with van der Waals surface area (Å²) in [5.74, 6) is -1.15. The van der Waals surface area contributed by atoms with Crippen LogP contribution in [0.5, 0.6) is 0 Å². The summed E-state index contributed by atoms with van der Waals surface area (Å²) >= 11 is 0. The summed E-state index contributed by atoms with van der Waals surface area (Å²) < 4.78 is 86.0. The van der Waals surface area contributed by atoms with Gasteiger partial charge in [-0.3, -0.25) is 9.79 Å². The number of aliphatic imine (C=N–C) groups is 1. The van der Waals surface area contributed by atoms with Gasteiger partial charge in [0.15, 0.2) is 0 Å². The third kappa shape index (κ3) is 3.46. The van der Waals surface area contributed by atoms with Crippen molar-refractivity contribution in [3.05, 3.63) is 65.3 Å². The first-order valence-electron chi connectivity index (χ1n) is 10.5. The highest BCUT2D eigenvalue weighted by Crippen LogP contribution is 2.51. The Balaban J connectivity index is 1.67. The Bertz CT molecular complexity index is 1350. The van der Waals surface area contributed by atoms with Crippen LogP contribution in [0.3, 0.4) is 0 Å². The van der Waals surface area contributed by atoms with Gasteiger partial charge in [0.25, 0.3) is 0 Å². The number of allylic oxidation sites excluding steroid dienone is 2. The second-order valence-electron chi connectivity index (χ2n) is 8.34. The molecular weight excluding hydrogens is 476 g/mol. The molecule has 3 aliphatic rings. The highest BCUT2D eigenvalue weighted by atomic mass is 19.4. The summed E-state index contributed by atoms with van der Waals surface area (Å²) in [6.07, 6.45) is -3.93. The lowest BCUT2D eigenvalue weighted by Crippen LogP contribution is -2.54. The monoisotopic (exact) mass is 493 g/mol. The average Bonchev–Trinajstić information content (AvgIpc) is 3.18. The molecule has 2 aliphatic heterocycles. The van der Waals surface area contributed by atoms with Crippen LogP contribution in [-0.4, -0.2) is 34.2 Å². The van der Waals surface area contributed by atoms with Gasteiger partial charge in [-0.25, -0.2) is 4.68 Å². The van der Waals surface area contributed by atoms with E-state index in [9.17, 15) is 31.1 Å². The number of anilines is 1. The van der Waals surface area contributed by atoms with Crippen LogP contribution >= 0.6 is 0 Å². The lowest BCUT2D eigenvalue weighted by molar-refractivity contribution is -0.182. The maximum Gasteiger partial charge on any atom is 0.417 e. The molecule has 3 heterocycles. The molecule has 12 heteroatoms. The molecule has 5 rings (SSSR count). The summed E-state index contributed by atoms with van der Waals surface area (Å²) in [4.78, 5) is 17.2. The Kier molecular flexibility index (Phi) is 4.97. The molecule has 35 heavy (non-hydrogen) atoms. The molecule has 0 saturated carbocycles. The second kappa shape index (κ2) is 7.59. The molecule has 1 unspecified atom stereocenters. The van der Waals surface area contributed by atoms with E-state index >= 15 is 0 Å². The Morgan fingerprint density at radius 3 is 2.54 bits per heavy atom. The van der Waals surface area contributed by atoms with Gasteiger partial charge in [0.2, 0.25) is 5.91 Å². The van der Waals surface area contributed by atoms with Crippen molar-refractivity contribution in [1.82, 2.24) is 9.78 Å². The summed E-state index contributed by atoms with van der Waals surface area (Å²) in [6, 6.07) is 4.88. The van der Waals surface area contributed by atoms with Crippen molar-refractivity contribution in [2.45, 2.75) is 25.3 Å². The molecule has 1 aromatic heterocycles. The quantitative estimate of drug-likeness (QED) is 0.631. The first kappa shape index (κ1) is 22.9.